The van der Waals surface area contributed by atoms with Crippen LogP contribution in [-0.2, 0) is 6.54 Å². The maximum absolute atomic E-state index is 5.63. The van der Waals surface area contributed by atoms with E-state index in [2.05, 4.69) is 26.9 Å². The topological polar surface area (TPSA) is 54.6 Å². The maximum atomic E-state index is 5.63. The van der Waals surface area contributed by atoms with Gasteiger partial charge in [0.15, 0.2) is 5.13 Å². The molecule has 0 amide bonds. The van der Waals surface area contributed by atoms with Crippen molar-refractivity contribution in [1.82, 2.24) is 4.98 Å². The van der Waals surface area contributed by atoms with Crippen LogP contribution >= 0.6 is 11.3 Å². The van der Waals surface area contributed by atoms with Gasteiger partial charge in [0.2, 0.25) is 0 Å². The van der Waals surface area contributed by atoms with Gasteiger partial charge in [-0.1, -0.05) is 12.1 Å². The Morgan fingerprint density at radius 1 is 1.19 bits per heavy atom. The van der Waals surface area contributed by atoms with Gasteiger partial charge in [-0.3, -0.25) is 0 Å². The average Bonchev–Trinajstić information content (AvgIpc) is 3.04. The zero-order valence-corrected chi connectivity index (χ0v) is 13.0. The first-order valence-electron chi connectivity index (χ1n) is 7.09. The molecule has 21 heavy (non-hydrogen) atoms. The molecule has 2 N–H and O–H groups in total. The van der Waals surface area contributed by atoms with Crippen molar-refractivity contribution in [2.24, 2.45) is 5.73 Å². The molecular weight excluding hydrogens is 284 g/mol. The first kappa shape index (κ1) is 14.2. The van der Waals surface area contributed by atoms with Crippen LogP contribution in [0.5, 0.6) is 5.75 Å². The molecule has 1 aliphatic heterocycles. The fourth-order valence-corrected chi connectivity index (χ4v) is 3.46. The lowest BCUT2D eigenvalue weighted by Gasteiger charge is -2.36. The van der Waals surface area contributed by atoms with Gasteiger partial charge in [-0.05, 0) is 12.1 Å². The summed E-state index contributed by atoms with van der Waals surface area (Å²) in [5, 5.41) is 3.12. The van der Waals surface area contributed by atoms with Crippen LogP contribution in [0.15, 0.2) is 29.6 Å². The van der Waals surface area contributed by atoms with E-state index < -0.39 is 0 Å². The van der Waals surface area contributed by atoms with Crippen molar-refractivity contribution in [2.75, 3.05) is 43.1 Å². The number of aromatic nitrogens is 1. The molecule has 1 aromatic carbocycles. The van der Waals surface area contributed by atoms with Gasteiger partial charge in [0.1, 0.15) is 5.75 Å². The van der Waals surface area contributed by atoms with Gasteiger partial charge in [-0.2, -0.15) is 0 Å². The predicted octanol–water partition coefficient (Wildman–Crippen LogP) is 1.94. The Hall–Kier alpha value is -1.79. The van der Waals surface area contributed by atoms with E-state index in [9.17, 15) is 0 Å². The van der Waals surface area contributed by atoms with E-state index in [4.69, 9.17) is 10.5 Å². The molecule has 5 nitrogen and oxygen atoms in total. The van der Waals surface area contributed by atoms with Crippen molar-refractivity contribution in [3.05, 3.63) is 35.3 Å². The Balaban J connectivity index is 1.67. The Kier molecular flexibility index (Phi) is 4.26. The molecule has 2 heterocycles. The molecule has 1 saturated heterocycles. The molecular formula is C15H20N4OS. The van der Waals surface area contributed by atoms with Crippen molar-refractivity contribution >= 4 is 22.2 Å². The van der Waals surface area contributed by atoms with Crippen LogP contribution in [0, 0.1) is 0 Å². The number of piperazine rings is 1. The van der Waals surface area contributed by atoms with Crippen LogP contribution in [-0.4, -0.2) is 38.3 Å². The van der Waals surface area contributed by atoms with Gasteiger partial charge in [-0.25, -0.2) is 4.98 Å². The smallest absolute Gasteiger partial charge is 0.185 e. The molecule has 0 atom stereocenters. The quantitative estimate of drug-likeness (QED) is 0.935. The second-order valence-corrected chi connectivity index (χ2v) is 5.81. The molecule has 3 rings (SSSR count). The monoisotopic (exact) mass is 304 g/mol. The molecule has 0 bridgehead atoms. The third-order valence-corrected chi connectivity index (χ3v) is 4.68. The Morgan fingerprint density at radius 2 is 1.90 bits per heavy atom. The third-order valence-electron chi connectivity index (χ3n) is 3.72. The zero-order chi connectivity index (χ0) is 14.7. The number of ether oxygens (including phenoxy) is 1. The SMILES string of the molecule is COc1ccccc1N1CCN(c2nc(CN)cs2)CC1. The largest absolute Gasteiger partial charge is 0.495 e. The summed E-state index contributed by atoms with van der Waals surface area (Å²) in [6.07, 6.45) is 0. The summed E-state index contributed by atoms with van der Waals surface area (Å²) in [5.74, 6) is 0.936. The van der Waals surface area contributed by atoms with Gasteiger partial charge in [0.25, 0.3) is 0 Å². The minimum absolute atomic E-state index is 0.512. The number of hydrogen-bond acceptors (Lipinski definition) is 6. The molecule has 0 unspecified atom stereocenters. The lowest BCUT2D eigenvalue weighted by Crippen LogP contribution is -2.46. The summed E-state index contributed by atoms with van der Waals surface area (Å²) >= 11 is 1.68. The molecule has 0 radical (unpaired) electrons. The number of para-hydroxylation sites is 2. The Morgan fingerprint density at radius 3 is 2.57 bits per heavy atom. The lowest BCUT2D eigenvalue weighted by atomic mass is 10.2. The van der Waals surface area contributed by atoms with E-state index in [-0.39, 0.29) is 0 Å². The van der Waals surface area contributed by atoms with E-state index in [1.807, 2.05) is 17.5 Å². The van der Waals surface area contributed by atoms with E-state index in [1.54, 1.807) is 18.4 Å². The first-order valence-corrected chi connectivity index (χ1v) is 7.97. The number of benzene rings is 1. The van der Waals surface area contributed by atoms with Crippen molar-refractivity contribution in [1.29, 1.82) is 0 Å². The van der Waals surface area contributed by atoms with Crippen molar-refractivity contribution in [3.8, 4) is 5.75 Å². The summed E-state index contributed by atoms with van der Waals surface area (Å²) in [7, 11) is 1.72. The molecule has 0 aliphatic carbocycles. The van der Waals surface area contributed by atoms with Crippen LogP contribution in [0.2, 0.25) is 0 Å². The maximum Gasteiger partial charge on any atom is 0.185 e. The highest BCUT2D eigenvalue weighted by atomic mass is 32.1. The van der Waals surface area contributed by atoms with Crippen molar-refractivity contribution < 1.29 is 4.74 Å². The van der Waals surface area contributed by atoms with E-state index in [1.165, 1.54) is 5.69 Å². The first-order chi connectivity index (χ1) is 10.3. The second kappa shape index (κ2) is 6.32. The Labute approximate surface area is 129 Å². The van der Waals surface area contributed by atoms with E-state index in [0.29, 0.717) is 6.54 Å². The highest BCUT2D eigenvalue weighted by Crippen LogP contribution is 2.29. The fraction of sp³-hybridized carbons (Fsp3) is 0.400. The summed E-state index contributed by atoms with van der Waals surface area (Å²) in [6.45, 7) is 4.39. The minimum atomic E-state index is 0.512. The molecule has 1 aliphatic rings. The van der Waals surface area contributed by atoms with Gasteiger partial charge in [0, 0.05) is 38.1 Å². The standard InChI is InChI=1S/C15H20N4OS/c1-20-14-5-3-2-4-13(14)18-6-8-19(9-7-18)15-17-12(10-16)11-21-15/h2-5,11H,6-10,16H2,1H3. The summed E-state index contributed by atoms with van der Waals surface area (Å²) in [6, 6.07) is 8.18. The molecule has 2 aromatic rings. The zero-order valence-electron chi connectivity index (χ0n) is 12.2. The summed E-state index contributed by atoms with van der Waals surface area (Å²) < 4.78 is 5.45. The number of rotatable bonds is 4. The van der Waals surface area contributed by atoms with Crippen LogP contribution < -0.4 is 20.3 Å². The highest BCUT2D eigenvalue weighted by molar-refractivity contribution is 7.13. The molecule has 1 aromatic heterocycles. The predicted molar refractivity (Wildman–Crippen MR) is 87.4 cm³/mol. The molecule has 0 spiro atoms. The molecule has 1 fully saturated rings. The van der Waals surface area contributed by atoms with Gasteiger partial charge in [-0.15, -0.1) is 11.3 Å². The normalized spacial score (nSPS) is 15.3. The van der Waals surface area contributed by atoms with Crippen LogP contribution in [0.3, 0.4) is 0 Å². The number of methoxy groups -OCH3 is 1. The molecule has 6 heteroatoms. The third kappa shape index (κ3) is 2.96. The number of anilines is 2. The number of thiazole rings is 1. The number of hydrogen-bond donors (Lipinski definition) is 1. The molecule has 112 valence electrons. The Bertz CT molecular complexity index is 593. The van der Waals surface area contributed by atoms with Gasteiger partial charge in [0.05, 0.1) is 18.5 Å². The second-order valence-electron chi connectivity index (χ2n) is 4.97. The average molecular weight is 304 g/mol. The summed E-state index contributed by atoms with van der Waals surface area (Å²) in [5.41, 5.74) is 7.77. The minimum Gasteiger partial charge on any atom is -0.495 e. The van der Waals surface area contributed by atoms with Crippen LogP contribution in [0.4, 0.5) is 10.8 Å². The van der Waals surface area contributed by atoms with Gasteiger partial charge < -0.3 is 20.3 Å². The van der Waals surface area contributed by atoms with Crippen LogP contribution in [0.25, 0.3) is 0 Å². The summed E-state index contributed by atoms with van der Waals surface area (Å²) in [4.78, 5) is 9.26. The van der Waals surface area contributed by atoms with E-state index in [0.717, 1.165) is 42.8 Å². The van der Waals surface area contributed by atoms with Crippen molar-refractivity contribution in [3.63, 3.8) is 0 Å². The fourth-order valence-electron chi connectivity index (χ4n) is 2.56. The highest BCUT2D eigenvalue weighted by Gasteiger charge is 2.21. The van der Waals surface area contributed by atoms with Gasteiger partial charge >= 0.3 is 0 Å². The molecule has 0 saturated carbocycles. The number of nitrogens with zero attached hydrogens (tertiary/aromatic N) is 3. The van der Waals surface area contributed by atoms with Crippen molar-refractivity contribution in [2.45, 2.75) is 6.54 Å². The van der Waals surface area contributed by atoms with E-state index >= 15 is 0 Å². The lowest BCUT2D eigenvalue weighted by molar-refractivity contribution is 0.413. The van der Waals surface area contributed by atoms with Crippen LogP contribution in [0.1, 0.15) is 5.69 Å². The number of nitrogens with two attached hydrogens (primary N) is 1.